The second-order valence-corrected chi connectivity index (χ2v) is 5.09. The van der Waals surface area contributed by atoms with Crippen molar-refractivity contribution in [2.75, 3.05) is 13.2 Å². The van der Waals surface area contributed by atoms with E-state index < -0.39 is 0 Å². The molecule has 0 amide bonds. The zero-order valence-corrected chi connectivity index (χ0v) is 12.7. The van der Waals surface area contributed by atoms with E-state index in [0.717, 1.165) is 10.2 Å². The van der Waals surface area contributed by atoms with Crippen LogP contribution in [0.15, 0.2) is 46.9 Å². The van der Waals surface area contributed by atoms with Crippen LogP contribution in [0, 0.1) is 18.3 Å². The van der Waals surface area contributed by atoms with Gasteiger partial charge in [-0.3, -0.25) is 0 Å². The summed E-state index contributed by atoms with van der Waals surface area (Å²) in [6, 6.07) is 15.2. The molecule has 0 N–H and O–H groups in total. The number of aryl methyl sites for hydroxylation is 1. The van der Waals surface area contributed by atoms with Gasteiger partial charge in [-0.05, 0) is 52.7 Å². The van der Waals surface area contributed by atoms with Crippen molar-refractivity contribution in [1.82, 2.24) is 0 Å². The molecule has 0 atom stereocenters. The lowest BCUT2D eigenvalue weighted by Crippen LogP contribution is -2.09. The molecule has 102 valence electrons. The summed E-state index contributed by atoms with van der Waals surface area (Å²) in [5, 5.41) is 8.95. The van der Waals surface area contributed by atoms with E-state index in [4.69, 9.17) is 14.7 Å². The third-order valence-electron chi connectivity index (χ3n) is 2.69. The molecule has 0 fully saturated rings. The predicted molar refractivity (Wildman–Crippen MR) is 81.0 cm³/mol. The molecule has 0 spiro atoms. The maximum atomic E-state index is 8.95. The van der Waals surface area contributed by atoms with E-state index in [0.29, 0.717) is 24.5 Å². The number of rotatable bonds is 5. The van der Waals surface area contributed by atoms with E-state index in [1.54, 1.807) is 12.1 Å². The molecule has 0 aromatic heterocycles. The van der Waals surface area contributed by atoms with Crippen LogP contribution in [0.25, 0.3) is 0 Å². The highest BCUT2D eigenvalue weighted by Crippen LogP contribution is 2.25. The first-order valence-electron chi connectivity index (χ1n) is 6.21. The molecule has 0 bridgehead atoms. The van der Waals surface area contributed by atoms with E-state index in [-0.39, 0.29) is 0 Å². The maximum Gasteiger partial charge on any atom is 0.137 e. The summed E-state index contributed by atoms with van der Waals surface area (Å²) in [4.78, 5) is 0. The first kappa shape index (κ1) is 14.4. The molecule has 2 aromatic carbocycles. The summed E-state index contributed by atoms with van der Waals surface area (Å²) in [7, 11) is 0. The van der Waals surface area contributed by atoms with E-state index in [1.807, 2.05) is 37.3 Å². The average Bonchev–Trinajstić information content (AvgIpc) is 2.46. The van der Waals surface area contributed by atoms with Crippen molar-refractivity contribution >= 4 is 15.9 Å². The summed E-state index contributed by atoms with van der Waals surface area (Å²) in [5.41, 5.74) is 1.70. The minimum atomic E-state index is 0.388. The quantitative estimate of drug-likeness (QED) is 0.775. The highest BCUT2D eigenvalue weighted by molar-refractivity contribution is 9.10. The number of benzene rings is 2. The van der Waals surface area contributed by atoms with Gasteiger partial charge in [0.05, 0.1) is 10.0 Å². The number of nitriles is 1. The summed E-state index contributed by atoms with van der Waals surface area (Å²) in [6.45, 7) is 2.83. The lowest BCUT2D eigenvalue weighted by Gasteiger charge is -2.10. The Morgan fingerprint density at radius 3 is 2.45 bits per heavy atom. The van der Waals surface area contributed by atoms with Crippen LogP contribution in [0.4, 0.5) is 0 Å². The molecule has 0 heterocycles. The Kier molecular flexibility index (Phi) is 5.03. The van der Waals surface area contributed by atoms with E-state index in [1.165, 1.54) is 5.56 Å². The van der Waals surface area contributed by atoms with Gasteiger partial charge in [0, 0.05) is 0 Å². The lowest BCUT2D eigenvalue weighted by molar-refractivity contribution is 0.216. The monoisotopic (exact) mass is 331 g/mol. The molecular weight excluding hydrogens is 318 g/mol. The maximum absolute atomic E-state index is 8.95. The van der Waals surface area contributed by atoms with Crippen LogP contribution < -0.4 is 9.47 Å². The Morgan fingerprint density at radius 1 is 1.05 bits per heavy atom. The van der Waals surface area contributed by atoms with Crippen LogP contribution >= 0.6 is 15.9 Å². The van der Waals surface area contributed by atoms with Gasteiger partial charge >= 0.3 is 0 Å². The smallest absolute Gasteiger partial charge is 0.137 e. The first-order chi connectivity index (χ1) is 9.70. The molecule has 0 radical (unpaired) electrons. The normalized spacial score (nSPS) is 9.85. The van der Waals surface area contributed by atoms with Crippen molar-refractivity contribution in [2.45, 2.75) is 6.92 Å². The molecule has 20 heavy (non-hydrogen) atoms. The van der Waals surface area contributed by atoms with Gasteiger partial charge in [-0.1, -0.05) is 18.2 Å². The van der Waals surface area contributed by atoms with E-state index in [2.05, 4.69) is 22.0 Å². The lowest BCUT2D eigenvalue weighted by atomic mass is 10.2. The first-order valence-corrected chi connectivity index (χ1v) is 7.01. The topological polar surface area (TPSA) is 42.2 Å². The Bertz CT molecular complexity index is 635. The van der Waals surface area contributed by atoms with Crippen LogP contribution in [-0.4, -0.2) is 13.2 Å². The molecule has 3 nitrogen and oxygen atoms in total. The fourth-order valence-electron chi connectivity index (χ4n) is 1.71. The Hall–Kier alpha value is -1.99. The second kappa shape index (κ2) is 6.97. The number of hydrogen-bond acceptors (Lipinski definition) is 3. The standard InChI is InChI=1S/C16H14BrNO2/c1-12-6-7-16(14(17)10-12)20-9-8-19-15-5-3-2-4-13(15)11-18/h2-7,10H,8-9H2,1H3. The number of nitrogens with zero attached hydrogens (tertiary/aromatic N) is 1. The number of ether oxygens (including phenoxy) is 2. The Labute approximate surface area is 126 Å². The zero-order valence-electron chi connectivity index (χ0n) is 11.1. The third-order valence-corrected chi connectivity index (χ3v) is 3.31. The molecule has 0 aliphatic carbocycles. The van der Waals surface area contributed by atoms with Gasteiger partial charge in [-0.2, -0.15) is 5.26 Å². The van der Waals surface area contributed by atoms with Gasteiger partial charge in [0.25, 0.3) is 0 Å². The van der Waals surface area contributed by atoms with E-state index in [9.17, 15) is 0 Å². The van der Waals surface area contributed by atoms with Crippen LogP contribution in [0.1, 0.15) is 11.1 Å². The molecule has 0 aliphatic heterocycles. The summed E-state index contributed by atoms with van der Waals surface area (Å²) in [6.07, 6.45) is 0. The zero-order chi connectivity index (χ0) is 14.4. The van der Waals surface area contributed by atoms with Crippen LogP contribution in [0.2, 0.25) is 0 Å². The predicted octanol–water partition coefficient (Wildman–Crippen LogP) is 4.09. The molecular formula is C16H14BrNO2. The van der Waals surface area contributed by atoms with Crippen LogP contribution in [-0.2, 0) is 0 Å². The average molecular weight is 332 g/mol. The fraction of sp³-hybridized carbons (Fsp3) is 0.188. The van der Waals surface area contributed by atoms with Crippen molar-refractivity contribution in [2.24, 2.45) is 0 Å². The van der Waals surface area contributed by atoms with Crippen molar-refractivity contribution in [3.63, 3.8) is 0 Å². The largest absolute Gasteiger partial charge is 0.489 e. The minimum Gasteiger partial charge on any atom is -0.489 e. The van der Waals surface area contributed by atoms with Crippen molar-refractivity contribution in [3.05, 3.63) is 58.1 Å². The Balaban J connectivity index is 1.86. The molecule has 0 aliphatic rings. The summed E-state index contributed by atoms with van der Waals surface area (Å²) in [5.74, 6) is 1.37. The molecule has 4 heteroatoms. The number of halogens is 1. The molecule has 0 saturated carbocycles. The number of para-hydroxylation sites is 1. The molecule has 0 saturated heterocycles. The van der Waals surface area contributed by atoms with Crippen LogP contribution in [0.3, 0.4) is 0 Å². The van der Waals surface area contributed by atoms with Gasteiger partial charge < -0.3 is 9.47 Å². The van der Waals surface area contributed by atoms with Gasteiger partial charge in [-0.15, -0.1) is 0 Å². The highest BCUT2D eigenvalue weighted by Gasteiger charge is 2.03. The molecule has 2 rings (SSSR count). The molecule has 2 aromatic rings. The summed E-state index contributed by atoms with van der Waals surface area (Å²) >= 11 is 3.46. The van der Waals surface area contributed by atoms with Crippen molar-refractivity contribution in [1.29, 1.82) is 5.26 Å². The Morgan fingerprint density at radius 2 is 1.75 bits per heavy atom. The van der Waals surface area contributed by atoms with Gasteiger partial charge in [0.1, 0.15) is 30.8 Å². The van der Waals surface area contributed by atoms with Gasteiger partial charge in [-0.25, -0.2) is 0 Å². The van der Waals surface area contributed by atoms with Gasteiger partial charge in [0.2, 0.25) is 0 Å². The van der Waals surface area contributed by atoms with Crippen molar-refractivity contribution in [3.8, 4) is 17.6 Å². The SMILES string of the molecule is Cc1ccc(OCCOc2ccccc2C#N)c(Br)c1. The van der Waals surface area contributed by atoms with E-state index >= 15 is 0 Å². The highest BCUT2D eigenvalue weighted by atomic mass is 79.9. The van der Waals surface area contributed by atoms with Crippen molar-refractivity contribution < 1.29 is 9.47 Å². The van der Waals surface area contributed by atoms with Crippen LogP contribution in [0.5, 0.6) is 11.5 Å². The summed E-state index contributed by atoms with van der Waals surface area (Å²) < 4.78 is 12.1. The number of hydrogen-bond donors (Lipinski definition) is 0. The second-order valence-electron chi connectivity index (χ2n) is 4.24. The molecule has 0 unspecified atom stereocenters. The fourth-order valence-corrected chi connectivity index (χ4v) is 2.32. The van der Waals surface area contributed by atoms with Gasteiger partial charge in [0.15, 0.2) is 0 Å². The third kappa shape index (κ3) is 3.75. The minimum absolute atomic E-state index is 0.388.